The number of rotatable bonds is 10. The van der Waals surface area contributed by atoms with E-state index in [2.05, 4.69) is 11.8 Å². The molecule has 0 saturated heterocycles. The largest absolute Gasteiger partial charge is 0.394 e. The van der Waals surface area contributed by atoms with Gasteiger partial charge in [0.05, 0.1) is 36.1 Å². The number of hydrogen-bond acceptors (Lipinski definition) is 5. The summed E-state index contributed by atoms with van der Waals surface area (Å²) in [5.41, 5.74) is -1.08. The highest BCUT2D eigenvalue weighted by Crippen LogP contribution is 2.26. The molecule has 0 aromatic rings. The van der Waals surface area contributed by atoms with Gasteiger partial charge in [-0.25, -0.2) is 0 Å². The fourth-order valence-electron chi connectivity index (χ4n) is 1.95. The van der Waals surface area contributed by atoms with Crippen LogP contribution in [0.5, 0.6) is 0 Å². The van der Waals surface area contributed by atoms with E-state index in [0.717, 1.165) is 0 Å². The van der Waals surface area contributed by atoms with E-state index in [1.807, 2.05) is 48.5 Å². The molecule has 0 aromatic heterocycles. The minimum absolute atomic E-state index is 0.173. The maximum Gasteiger partial charge on any atom is 0.108 e. The zero-order valence-corrected chi connectivity index (χ0v) is 15.7. The van der Waals surface area contributed by atoms with Gasteiger partial charge in [0.2, 0.25) is 0 Å². The molecule has 0 aliphatic rings. The molecule has 136 valence electrons. The molecule has 2 unspecified atom stereocenters. The van der Waals surface area contributed by atoms with Crippen molar-refractivity contribution in [3.63, 3.8) is 0 Å². The Morgan fingerprint density at radius 2 is 1.57 bits per heavy atom. The van der Waals surface area contributed by atoms with Crippen molar-refractivity contribution in [3.05, 3.63) is 0 Å². The summed E-state index contributed by atoms with van der Waals surface area (Å²) < 4.78 is 17.2. The van der Waals surface area contributed by atoms with Crippen LogP contribution < -0.4 is 0 Å². The van der Waals surface area contributed by atoms with Crippen LogP contribution >= 0.6 is 0 Å². The van der Waals surface area contributed by atoms with Gasteiger partial charge in [0, 0.05) is 6.42 Å². The predicted molar refractivity (Wildman–Crippen MR) is 91.2 cm³/mol. The van der Waals surface area contributed by atoms with Gasteiger partial charge in [-0.05, 0) is 48.5 Å². The van der Waals surface area contributed by atoms with E-state index in [-0.39, 0.29) is 18.8 Å². The Labute approximate surface area is 141 Å². The fourth-order valence-corrected chi connectivity index (χ4v) is 1.95. The summed E-state index contributed by atoms with van der Waals surface area (Å²) in [7, 11) is 0. The third-order valence-electron chi connectivity index (χ3n) is 3.54. The van der Waals surface area contributed by atoms with E-state index in [0.29, 0.717) is 19.6 Å². The molecule has 0 aliphatic heterocycles. The minimum atomic E-state index is -0.784. The van der Waals surface area contributed by atoms with Crippen LogP contribution in [0, 0.1) is 11.8 Å². The lowest BCUT2D eigenvalue weighted by atomic mass is 9.97. The molecule has 5 nitrogen and oxygen atoms in total. The molecule has 0 rings (SSSR count). The van der Waals surface area contributed by atoms with Crippen molar-refractivity contribution >= 4 is 0 Å². The molecule has 0 aromatic carbocycles. The Kier molecular flexibility index (Phi) is 9.99. The highest BCUT2D eigenvalue weighted by Gasteiger charge is 2.33. The van der Waals surface area contributed by atoms with Crippen molar-refractivity contribution < 1.29 is 24.4 Å². The standard InChI is InChI=1S/C18H34O5/c1-14(2)21-10-8-9-11-22-18(6,7)15(3)23-17(4,5)12-16(20)13-19/h14-16,19-20H,10-13H2,1-7H3. The lowest BCUT2D eigenvalue weighted by molar-refractivity contribution is -0.170. The molecule has 0 heterocycles. The van der Waals surface area contributed by atoms with Gasteiger partial charge < -0.3 is 24.4 Å². The van der Waals surface area contributed by atoms with E-state index in [1.54, 1.807) is 0 Å². The third-order valence-corrected chi connectivity index (χ3v) is 3.54. The van der Waals surface area contributed by atoms with Crippen LogP contribution in [0.3, 0.4) is 0 Å². The first kappa shape index (κ1) is 22.4. The Hall–Kier alpha value is -0.640. The number of aliphatic hydroxyl groups excluding tert-OH is 2. The molecular weight excluding hydrogens is 296 g/mol. The van der Waals surface area contributed by atoms with Crippen molar-refractivity contribution in [1.29, 1.82) is 0 Å². The second-order valence-corrected chi connectivity index (χ2v) is 7.17. The van der Waals surface area contributed by atoms with Gasteiger partial charge in [-0.15, -0.1) is 0 Å². The van der Waals surface area contributed by atoms with Crippen molar-refractivity contribution in [3.8, 4) is 11.8 Å². The SMILES string of the molecule is CC(C)OCC#CCOC(C)(C)C(C)OC(C)(C)CC(O)CO. The van der Waals surface area contributed by atoms with E-state index >= 15 is 0 Å². The van der Waals surface area contributed by atoms with Crippen molar-refractivity contribution in [1.82, 2.24) is 0 Å². The zero-order chi connectivity index (χ0) is 18.1. The molecule has 0 fully saturated rings. The minimum Gasteiger partial charge on any atom is -0.394 e. The van der Waals surface area contributed by atoms with Gasteiger partial charge in [-0.3, -0.25) is 0 Å². The average molecular weight is 330 g/mol. The second kappa shape index (κ2) is 10.3. The van der Waals surface area contributed by atoms with Crippen LogP contribution in [0.15, 0.2) is 0 Å². The Balaban J connectivity index is 4.35. The number of ether oxygens (including phenoxy) is 3. The maximum atomic E-state index is 9.58. The first-order valence-electron chi connectivity index (χ1n) is 8.18. The van der Waals surface area contributed by atoms with Gasteiger partial charge in [0.25, 0.3) is 0 Å². The van der Waals surface area contributed by atoms with Crippen LogP contribution in [-0.4, -0.2) is 59.5 Å². The van der Waals surface area contributed by atoms with Crippen LogP contribution in [0.1, 0.15) is 54.9 Å². The summed E-state index contributed by atoms with van der Waals surface area (Å²) in [6.45, 7) is 14.0. The lowest BCUT2D eigenvalue weighted by Crippen LogP contribution is -2.45. The number of hydrogen-bond donors (Lipinski definition) is 2. The van der Waals surface area contributed by atoms with Crippen molar-refractivity contribution in [2.45, 2.75) is 84.4 Å². The van der Waals surface area contributed by atoms with Crippen LogP contribution in [0.4, 0.5) is 0 Å². The summed E-state index contributed by atoms with van der Waals surface area (Å²) in [6, 6.07) is 0. The summed E-state index contributed by atoms with van der Waals surface area (Å²) in [6.07, 6.45) is -0.451. The zero-order valence-electron chi connectivity index (χ0n) is 15.7. The van der Waals surface area contributed by atoms with Gasteiger partial charge in [-0.2, -0.15) is 0 Å². The summed E-state index contributed by atoms with van der Waals surface area (Å²) in [4.78, 5) is 0. The van der Waals surface area contributed by atoms with Crippen molar-refractivity contribution in [2.24, 2.45) is 0 Å². The number of aliphatic hydroxyl groups is 2. The molecule has 0 radical (unpaired) electrons. The van der Waals surface area contributed by atoms with Crippen LogP contribution in [-0.2, 0) is 14.2 Å². The smallest absolute Gasteiger partial charge is 0.108 e. The Bertz CT molecular complexity index is 379. The van der Waals surface area contributed by atoms with Gasteiger partial charge in [-0.1, -0.05) is 11.8 Å². The molecule has 0 saturated carbocycles. The highest BCUT2D eigenvalue weighted by molar-refractivity contribution is 5.00. The molecule has 0 bridgehead atoms. The van der Waals surface area contributed by atoms with Crippen LogP contribution in [0.25, 0.3) is 0 Å². The molecule has 5 heteroatoms. The first-order chi connectivity index (χ1) is 10.5. The molecule has 2 N–H and O–H groups in total. The van der Waals surface area contributed by atoms with E-state index < -0.39 is 17.3 Å². The fraction of sp³-hybridized carbons (Fsp3) is 0.889. The topological polar surface area (TPSA) is 68.2 Å². The maximum absolute atomic E-state index is 9.58. The highest BCUT2D eigenvalue weighted by atomic mass is 16.6. The molecule has 0 amide bonds. The predicted octanol–water partition coefficient (Wildman–Crippen LogP) is 2.14. The first-order valence-corrected chi connectivity index (χ1v) is 8.18. The second-order valence-electron chi connectivity index (χ2n) is 7.17. The third kappa shape index (κ3) is 10.7. The molecule has 0 aliphatic carbocycles. The van der Waals surface area contributed by atoms with E-state index in [4.69, 9.17) is 19.3 Å². The van der Waals surface area contributed by atoms with E-state index in [9.17, 15) is 5.11 Å². The molecule has 0 spiro atoms. The molecular formula is C18H34O5. The normalized spacial score (nSPS) is 15.2. The quantitative estimate of drug-likeness (QED) is 0.601. The van der Waals surface area contributed by atoms with Gasteiger partial charge in [0.1, 0.15) is 13.2 Å². The summed E-state index contributed by atoms with van der Waals surface area (Å²) in [5, 5.41) is 18.5. The van der Waals surface area contributed by atoms with E-state index in [1.165, 1.54) is 0 Å². The lowest BCUT2D eigenvalue weighted by Gasteiger charge is -2.38. The Morgan fingerprint density at radius 3 is 2.09 bits per heavy atom. The summed E-state index contributed by atoms with van der Waals surface area (Å²) in [5.74, 6) is 5.84. The molecule has 23 heavy (non-hydrogen) atoms. The van der Waals surface area contributed by atoms with Gasteiger partial charge >= 0.3 is 0 Å². The van der Waals surface area contributed by atoms with Crippen LogP contribution in [0.2, 0.25) is 0 Å². The monoisotopic (exact) mass is 330 g/mol. The average Bonchev–Trinajstić information content (AvgIpc) is 2.41. The molecule has 2 atom stereocenters. The van der Waals surface area contributed by atoms with Crippen molar-refractivity contribution in [2.75, 3.05) is 19.8 Å². The summed E-state index contributed by atoms with van der Waals surface area (Å²) >= 11 is 0. The van der Waals surface area contributed by atoms with Gasteiger partial charge in [0.15, 0.2) is 0 Å². The Morgan fingerprint density at radius 1 is 1.00 bits per heavy atom.